The predicted octanol–water partition coefficient (Wildman–Crippen LogP) is 1.79. The molecule has 0 aliphatic carbocycles. The molecule has 0 aliphatic heterocycles. The maximum absolute atomic E-state index is 10.9. The molecule has 0 fully saturated rings. The summed E-state index contributed by atoms with van der Waals surface area (Å²) in [6, 6.07) is 3.37. The number of esters is 1. The molecule has 0 radical (unpaired) electrons. The molecule has 0 spiro atoms. The van der Waals surface area contributed by atoms with Crippen molar-refractivity contribution >= 4 is 5.97 Å². The molecular weight excluding hydrogens is 194 g/mol. The van der Waals surface area contributed by atoms with E-state index in [1.54, 1.807) is 25.3 Å². The van der Waals surface area contributed by atoms with Gasteiger partial charge in [0, 0.05) is 6.08 Å². The molecule has 0 aromatic carbocycles. The van der Waals surface area contributed by atoms with E-state index in [9.17, 15) is 4.79 Å². The number of ether oxygens (including phenoxy) is 1. The van der Waals surface area contributed by atoms with Crippen LogP contribution in [0, 0.1) is 0 Å². The Hall–Kier alpha value is -1.55. The van der Waals surface area contributed by atoms with Gasteiger partial charge in [0.1, 0.15) is 5.76 Å². The lowest BCUT2D eigenvalue weighted by Gasteiger charge is -2.03. The lowest BCUT2D eigenvalue weighted by molar-refractivity contribution is -0.137. The van der Waals surface area contributed by atoms with E-state index >= 15 is 0 Å². The van der Waals surface area contributed by atoms with Gasteiger partial charge in [-0.25, -0.2) is 4.79 Å². The molecule has 0 amide bonds. The van der Waals surface area contributed by atoms with Crippen LogP contribution in [0.3, 0.4) is 0 Å². The standard InChI is InChI=1S/C11H15NO3/c1-2-14-11(13)7-3-5-9(12)10-6-4-8-15-10/h3-4,6-9H,2,5,12H2,1H3/b7-3+/t9-/m0/s1. The van der Waals surface area contributed by atoms with Crippen molar-refractivity contribution in [2.75, 3.05) is 6.61 Å². The summed E-state index contributed by atoms with van der Waals surface area (Å²) in [5, 5.41) is 0. The molecule has 1 rings (SSSR count). The number of hydrogen-bond donors (Lipinski definition) is 1. The highest BCUT2D eigenvalue weighted by Gasteiger charge is 2.06. The topological polar surface area (TPSA) is 65.5 Å². The average Bonchev–Trinajstić information content (AvgIpc) is 2.70. The van der Waals surface area contributed by atoms with E-state index < -0.39 is 0 Å². The summed E-state index contributed by atoms with van der Waals surface area (Å²) in [6.45, 7) is 2.15. The summed E-state index contributed by atoms with van der Waals surface area (Å²) < 4.78 is 9.85. The van der Waals surface area contributed by atoms with Crippen LogP contribution >= 0.6 is 0 Å². The normalized spacial score (nSPS) is 12.9. The van der Waals surface area contributed by atoms with Gasteiger partial charge in [-0.2, -0.15) is 0 Å². The van der Waals surface area contributed by atoms with E-state index in [-0.39, 0.29) is 12.0 Å². The molecule has 0 saturated carbocycles. The molecule has 4 heteroatoms. The van der Waals surface area contributed by atoms with Crippen molar-refractivity contribution in [3.05, 3.63) is 36.3 Å². The first-order chi connectivity index (χ1) is 7.24. The van der Waals surface area contributed by atoms with E-state index in [1.807, 2.05) is 6.07 Å². The van der Waals surface area contributed by atoms with Crippen LogP contribution < -0.4 is 5.73 Å². The Kier molecular flexibility index (Phi) is 4.63. The van der Waals surface area contributed by atoms with Crippen molar-refractivity contribution in [2.45, 2.75) is 19.4 Å². The number of rotatable bonds is 5. The molecular formula is C11H15NO3. The Labute approximate surface area is 88.7 Å². The zero-order valence-electron chi connectivity index (χ0n) is 8.68. The van der Waals surface area contributed by atoms with E-state index in [2.05, 4.69) is 0 Å². The van der Waals surface area contributed by atoms with Gasteiger partial charge in [0.05, 0.1) is 18.9 Å². The van der Waals surface area contributed by atoms with Gasteiger partial charge in [-0.3, -0.25) is 0 Å². The number of carbonyl (C=O) groups excluding carboxylic acids is 1. The van der Waals surface area contributed by atoms with Crippen LogP contribution in [0.25, 0.3) is 0 Å². The Morgan fingerprint density at radius 2 is 2.53 bits per heavy atom. The maximum Gasteiger partial charge on any atom is 0.330 e. The summed E-state index contributed by atoms with van der Waals surface area (Å²) in [5.41, 5.74) is 5.80. The van der Waals surface area contributed by atoms with Crippen molar-refractivity contribution in [3.63, 3.8) is 0 Å². The smallest absolute Gasteiger partial charge is 0.330 e. The minimum Gasteiger partial charge on any atom is -0.468 e. The molecule has 15 heavy (non-hydrogen) atoms. The van der Waals surface area contributed by atoms with Gasteiger partial charge in [-0.15, -0.1) is 0 Å². The Morgan fingerprint density at radius 1 is 1.73 bits per heavy atom. The van der Waals surface area contributed by atoms with Crippen molar-refractivity contribution in [1.29, 1.82) is 0 Å². The molecule has 1 aromatic rings. The monoisotopic (exact) mass is 209 g/mol. The second-order valence-corrected chi connectivity index (χ2v) is 3.01. The molecule has 1 atom stereocenters. The molecule has 1 aromatic heterocycles. The molecule has 1 heterocycles. The third-order valence-electron chi connectivity index (χ3n) is 1.84. The van der Waals surface area contributed by atoms with Crippen molar-refractivity contribution in [2.24, 2.45) is 5.73 Å². The highest BCUT2D eigenvalue weighted by atomic mass is 16.5. The van der Waals surface area contributed by atoms with Gasteiger partial charge >= 0.3 is 5.97 Å². The van der Waals surface area contributed by atoms with Crippen LogP contribution in [-0.4, -0.2) is 12.6 Å². The number of nitrogens with two attached hydrogens (primary N) is 1. The summed E-state index contributed by atoms with van der Waals surface area (Å²) in [6.07, 6.45) is 5.19. The Balaban J connectivity index is 2.34. The maximum atomic E-state index is 10.9. The summed E-state index contributed by atoms with van der Waals surface area (Å²) >= 11 is 0. The molecule has 0 saturated heterocycles. The second-order valence-electron chi connectivity index (χ2n) is 3.01. The van der Waals surface area contributed by atoms with Gasteiger partial charge in [0.2, 0.25) is 0 Å². The quantitative estimate of drug-likeness (QED) is 0.593. The lowest BCUT2D eigenvalue weighted by atomic mass is 10.1. The van der Waals surface area contributed by atoms with Crippen LogP contribution in [-0.2, 0) is 9.53 Å². The van der Waals surface area contributed by atoms with Gasteiger partial charge in [-0.1, -0.05) is 6.08 Å². The fourth-order valence-electron chi connectivity index (χ4n) is 1.12. The van der Waals surface area contributed by atoms with Crippen LogP contribution in [0.4, 0.5) is 0 Å². The van der Waals surface area contributed by atoms with Gasteiger partial charge in [0.25, 0.3) is 0 Å². The zero-order chi connectivity index (χ0) is 11.1. The fourth-order valence-corrected chi connectivity index (χ4v) is 1.12. The molecule has 4 nitrogen and oxygen atoms in total. The highest BCUT2D eigenvalue weighted by Crippen LogP contribution is 2.14. The number of carbonyl (C=O) groups is 1. The molecule has 0 aliphatic rings. The summed E-state index contributed by atoms with van der Waals surface area (Å²) in [7, 11) is 0. The molecule has 0 bridgehead atoms. The summed E-state index contributed by atoms with van der Waals surface area (Å²) in [5.74, 6) is 0.368. The van der Waals surface area contributed by atoms with Gasteiger partial charge in [0.15, 0.2) is 0 Å². The second kappa shape index (κ2) is 6.03. The first-order valence-corrected chi connectivity index (χ1v) is 4.86. The predicted molar refractivity (Wildman–Crippen MR) is 56.0 cm³/mol. The largest absolute Gasteiger partial charge is 0.468 e. The van der Waals surface area contributed by atoms with Crippen LogP contribution in [0.15, 0.2) is 35.0 Å². The van der Waals surface area contributed by atoms with E-state index in [0.29, 0.717) is 18.8 Å². The van der Waals surface area contributed by atoms with Crippen molar-refractivity contribution in [3.8, 4) is 0 Å². The minimum atomic E-state index is -0.343. The van der Waals surface area contributed by atoms with E-state index in [1.165, 1.54) is 6.08 Å². The first-order valence-electron chi connectivity index (χ1n) is 4.86. The average molecular weight is 209 g/mol. The molecule has 2 N–H and O–H groups in total. The third-order valence-corrected chi connectivity index (χ3v) is 1.84. The van der Waals surface area contributed by atoms with Gasteiger partial charge in [-0.05, 0) is 25.5 Å². The lowest BCUT2D eigenvalue weighted by Crippen LogP contribution is -2.08. The van der Waals surface area contributed by atoms with Gasteiger partial charge < -0.3 is 14.9 Å². The van der Waals surface area contributed by atoms with Crippen LogP contribution in [0.5, 0.6) is 0 Å². The first kappa shape index (κ1) is 11.5. The van der Waals surface area contributed by atoms with E-state index in [4.69, 9.17) is 14.9 Å². The zero-order valence-corrected chi connectivity index (χ0v) is 8.68. The fraction of sp³-hybridized carbons (Fsp3) is 0.364. The third kappa shape index (κ3) is 3.99. The number of furan rings is 1. The van der Waals surface area contributed by atoms with E-state index in [0.717, 1.165) is 0 Å². The van der Waals surface area contributed by atoms with Crippen LogP contribution in [0.2, 0.25) is 0 Å². The Morgan fingerprint density at radius 3 is 3.13 bits per heavy atom. The Bertz CT molecular complexity index is 317. The minimum absolute atomic E-state index is 0.217. The van der Waals surface area contributed by atoms with Crippen molar-refractivity contribution in [1.82, 2.24) is 0 Å². The van der Waals surface area contributed by atoms with Crippen LogP contribution in [0.1, 0.15) is 25.1 Å². The molecule has 82 valence electrons. The van der Waals surface area contributed by atoms with Crippen molar-refractivity contribution < 1.29 is 13.9 Å². The highest BCUT2D eigenvalue weighted by molar-refractivity contribution is 5.81. The number of hydrogen-bond acceptors (Lipinski definition) is 4. The molecule has 0 unspecified atom stereocenters. The SMILES string of the molecule is CCOC(=O)/C=C/C[C@H](N)c1ccco1. The summed E-state index contributed by atoms with van der Waals surface area (Å²) in [4.78, 5) is 10.9.